The van der Waals surface area contributed by atoms with Crippen molar-refractivity contribution in [3.8, 4) is 0 Å². The topological polar surface area (TPSA) is 83.6 Å². The Morgan fingerprint density at radius 2 is 2.40 bits per heavy atom. The first-order valence-corrected chi connectivity index (χ1v) is 4.62. The molecule has 6 heteroatoms. The summed E-state index contributed by atoms with van der Waals surface area (Å²) in [4.78, 5) is 27.5. The zero-order valence-electron chi connectivity index (χ0n) is 7.92. The molecule has 1 atom stereocenters. The van der Waals surface area contributed by atoms with Crippen molar-refractivity contribution in [3.63, 3.8) is 0 Å². The third-order valence-corrected chi connectivity index (χ3v) is 2.44. The molecule has 6 nitrogen and oxygen atoms in total. The third kappa shape index (κ3) is 1.70. The number of nitrogens with zero attached hydrogens (tertiary/aromatic N) is 2. The Bertz CT molecular complexity index is 373. The Kier molecular flexibility index (Phi) is 2.40. The lowest BCUT2D eigenvalue weighted by molar-refractivity contribution is -0.141. The van der Waals surface area contributed by atoms with Crippen molar-refractivity contribution < 1.29 is 19.1 Å². The molecule has 1 aliphatic heterocycles. The fourth-order valence-corrected chi connectivity index (χ4v) is 1.73. The van der Waals surface area contributed by atoms with Gasteiger partial charge >= 0.3 is 5.97 Å². The third-order valence-electron chi connectivity index (χ3n) is 2.44. The summed E-state index contributed by atoms with van der Waals surface area (Å²) >= 11 is 0. The van der Waals surface area contributed by atoms with Crippen LogP contribution in [-0.2, 0) is 4.79 Å². The number of oxazole rings is 1. The number of aromatic nitrogens is 1. The predicted molar refractivity (Wildman–Crippen MR) is 48.2 cm³/mol. The number of aliphatic carboxylic acids is 1. The second-order valence-electron chi connectivity index (χ2n) is 3.36. The number of hydrogen-bond acceptors (Lipinski definition) is 4. The van der Waals surface area contributed by atoms with Crippen LogP contribution in [0.3, 0.4) is 0 Å². The SMILES string of the molecule is O=C(O)[C@@H]1CCCN1C(=O)c1cnco1. The van der Waals surface area contributed by atoms with Gasteiger partial charge in [0.05, 0.1) is 6.20 Å². The minimum absolute atomic E-state index is 0.0863. The highest BCUT2D eigenvalue weighted by Crippen LogP contribution is 2.19. The maximum absolute atomic E-state index is 11.8. The number of likely N-dealkylation sites (tertiary alicyclic amines) is 1. The van der Waals surface area contributed by atoms with Crippen LogP contribution in [0.2, 0.25) is 0 Å². The Balaban J connectivity index is 2.17. The van der Waals surface area contributed by atoms with E-state index in [0.29, 0.717) is 19.4 Å². The minimum atomic E-state index is -0.972. The molecule has 1 saturated heterocycles. The molecule has 2 rings (SSSR count). The molecule has 1 amide bonds. The van der Waals surface area contributed by atoms with Gasteiger partial charge in [-0.05, 0) is 12.8 Å². The van der Waals surface area contributed by atoms with Crippen molar-refractivity contribution in [2.45, 2.75) is 18.9 Å². The highest BCUT2D eigenvalue weighted by molar-refractivity contribution is 5.94. The van der Waals surface area contributed by atoms with Gasteiger partial charge in [-0.1, -0.05) is 0 Å². The van der Waals surface area contributed by atoms with E-state index in [0.717, 1.165) is 6.39 Å². The Morgan fingerprint density at radius 3 is 3.00 bits per heavy atom. The average Bonchev–Trinajstić information content (AvgIpc) is 2.88. The van der Waals surface area contributed by atoms with Gasteiger partial charge in [0.25, 0.3) is 5.91 Å². The first kappa shape index (κ1) is 9.70. The summed E-state index contributed by atoms with van der Waals surface area (Å²) in [6.07, 6.45) is 3.64. The van der Waals surface area contributed by atoms with E-state index < -0.39 is 17.9 Å². The van der Waals surface area contributed by atoms with Crippen molar-refractivity contribution >= 4 is 11.9 Å². The van der Waals surface area contributed by atoms with Gasteiger partial charge in [-0.25, -0.2) is 9.78 Å². The average molecular weight is 210 g/mol. The van der Waals surface area contributed by atoms with Crippen LogP contribution in [0, 0.1) is 0 Å². The lowest BCUT2D eigenvalue weighted by Gasteiger charge is -2.19. The number of rotatable bonds is 2. The maximum atomic E-state index is 11.8. The molecule has 1 N–H and O–H groups in total. The molecule has 1 fully saturated rings. The smallest absolute Gasteiger partial charge is 0.326 e. The first-order valence-electron chi connectivity index (χ1n) is 4.62. The highest BCUT2D eigenvalue weighted by Gasteiger charge is 2.35. The van der Waals surface area contributed by atoms with Crippen LogP contribution in [0.5, 0.6) is 0 Å². The lowest BCUT2D eigenvalue weighted by Crippen LogP contribution is -2.40. The minimum Gasteiger partial charge on any atom is -0.480 e. The molecule has 0 spiro atoms. The molecule has 80 valence electrons. The number of carbonyl (C=O) groups excluding carboxylic acids is 1. The van der Waals surface area contributed by atoms with Crippen LogP contribution in [0.15, 0.2) is 17.0 Å². The zero-order valence-corrected chi connectivity index (χ0v) is 7.92. The van der Waals surface area contributed by atoms with Crippen LogP contribution >= 0.6 is 0 Å². The molecule has 1 aromatic heterocycles. The van der Waals surface area contributed by atoms with Gasteiger partial charge in [0.15, 0.2) is 6.39 Å². The van der Waals surface area contributed by atoms with E-state index >= 15 is 0 Å². The Morgan fingerprint density at radius 1 is 1.60 bits per heavy atom. The van der Waals surface area contributed by atoms with Crippen LogP contribution in [0.25, 0.3) is 0 Å². The second kappa shape index (κ2) is 3.72. The summed E-state index contributed by atoms with van der Waals surface area (Å²) in [7, 11) is 0. The molecular formula is C9H10N2O4. The molecular weight excluding hydrogens is 200 g/mol. The molecule has 0 aliphatic carbocycles. The number of carbonyl (C=O) groups is 2. The summed E-state index contributed by atoms with van der Waals surface area (Å²) < 4.78 is 4.84. The summed E-state index contributed by atoms with van der Waals surface area (Å²) in [5.41, 5.74) is 0. The van der Waals surface area contributed by atoms with Crippen LogP contribution in [0.1, 0.15) is 23.4 Å². The second-order valence-corrected chi connectivity index (χ2v) is 3.36. The van der Waals surface area contributed by atoms with Crippen LogP contribution in [-0.4, -0.2) is 39.5 Å². The van der Waals surface area contributed by atoms with E-state index in [1.807, 2.05) is 0 Å². The van der Waals surface area contributed by atoms with Crippen molar-refractivity contribution in [1.29, 1.82) is 0 Å². The van der Waals surface area contributed by atoms with Gasteiger partial charge in [0.1, 0.15) is 6.04 Å². The fourth-order valence-electron chi connectivity index (χ4n) is 1.73. The molecule has 0 aromatic carbocycles. The predicted octanol–water partition coefficient (Wildman–Crippen LogP) is 0.364. The van der Waals surface area contributed by atoms with Crippen molar-refractivity contribution in [1.82, 2.24) is 9.88 Å². The summed E-state index contributed by atoms with van der Waals surface area (Å²) in [6.45, 7) is 0.455. The van der Waals surface area contributed by atoms with E-state index in [1.54, 1.807) is 0 Å². The quantitative estimate of drug-likeness (QED) is 0.762. The van der Waals surface area contributed by atoms with Gasteiger partial charge in [-0.15, -0.1) is 0 Å². The highest BCUT2D eigenvalue weighted by atomic mass is 16.4. The Labute approximate surface area is 85.5 Å². The van der Waals surface area contributed by atoms with Gasteiger partial charge < -0.3 is 14.4 Å². The number of hydrogen-bond donors (Lipinski definition) is 1. The number of carboxylic acids is 1. The van der Waals surface area contributed by atoms with E-state index in [9.17, 15) is 9.59 Å². The number of amides is 1. The van der Waals surface area contributed by atoms with Crippen LogP contribution in [0.4, 0.5) is 0 Å². The Hall–Kier alpha value is -1.85. The molecule has 1 aliphatic rings. The summed E-state index contributed by atoms with van der Waals surface area (Å²) in [5.74, 6) is -1.29. The van der Waals surface area contributed by atoms with Crippen molar-refractivity contribution in [2.24, 2.45) is 0 Å². The van der Waals surface area contributed by atoms with Crippen LogP contribution < -0.4 is 0 Å². The maximum Gasteiger partial charge on any atom is 0.326 e. The monoisotopic (exact) mass is 210 g/mol. The standard InChI is InChI=1S/C9H10N2O4/c12-8(7-4-10-5-15-7)11-3-1-2-6(11)9(13)14/h4-6H,1-3H2,(H,13,14)/t6-/m0/s1. The zero-order chi connectivity index (χ0) is 10.8. The van der Waals surface area contributed by atoms with Gasteiger partial charge in [0.2, 0.25) is 5.76 Å². The van der Waals surface area contributed by atoms with E-state index in [1.165, 1.54) is 11.1 Å². The molecule has 1 aromatic rings. The fraction of sp³-hybridized carbons (Fsp3) is 0.444. The summed E-state index contributed by atoms with van der Waals surface area (Å²) in [6, 6.07) is -0.734. The van der Waals surface area contributed by atoms with E-state index in [2.05, 4.69) is 4.98 Å². The molecule has 0 unspecified atom stereocenters. The van der Waals surface area contributed by atoms with Gasteiger partial charge in [-0.2, -0.15) is 0 Å². The lowest BCUT2D eigenvalue weighted by atomic mass is 10.2. The molecule has 0 radical (unpaired) electrons. The van der Waals surface area contributed by atoms with Crippen molar-refractivity contribution in [2.75, 3.05) is 6.54 Å². The van der Waals surface area contributed by atoms with Crippen molar-refractivity contribution in [3.05, 3.63) is 18.4 Å². The summed E-state index contributed by atoms with van der Waals surface area (Å²) in [5, 5.41) is 8.89. The van der Waals surface area contributed by atoms with E-state index in [4.69, 9.17) is 9.52 Å². The van der Waals surface area contributed by atoms with Gasteiger partial charge in [0, 0.05) is 6.54 Å². The molecule has 0 bridgehead atoms. The van der Waals surface area contributed by atoms with Gasteiger partial charge in [-0.3, -0.25) is 4.79 Å². The molecule has 2 heterocycles. The molecule has 0 saturated carbocycles. The number of carboxylic acid groups (broad SMARTS) is 1. The normalized spacial score (nSPS) is 20.5. The molecule has 15 heavy (non-hydrogen) atoms. The van der Waals surface area contributed by atoms with E-state index in [-0.39, 0.29) is 5.76 Å². The largest absolute Gasteiger partial charge is 0.480 e. The first-order chi connectivity index (χ1) is 7.20.